The van der Waals surface area contributed by atoms with Gasteiger partial charge in [0, 0.05) is 6.07 Å². The van der Waals surface area contributed by atoms with Gasteiger partial charge in [-0.25, -0.2) is 17.2 Å². The minimum atomic E-state index is -3.89. The van der Waals surface area contributed by atoms with Crippen LogP contribution in [-0.2, 0) is 15.8 Å². The van der Waals surface area contributed by atoms with Crippen LogP contribution in [0, 0.1) is 25.5 Å². The van der Waals surface area contributed by atoms with Gasteiger partial charge in [0.2, 0.25) is 10.0 Å². The van der Waals surface area contributed by atoms with Crippen molar-refractivity contribution in [2.24, 2.45) is 0 Å². The van der Waals surface area contributed by atoms with Gasteiger partial charge in [0.25, 0.3) is 0 Å². The molecule has 0 unspecified atom stereocenters. The van der Waals surface area contributed by atoms with Gasteiger partial charge >= 0.3 is 6.01 Å². The Morgan fingerprint density at radius 1 is 1.09 bits per heavy atom. The average molecular weight is 343 g/mol. The molecular formula is C14H15F2N3O3S. The second-order valence-corrected chi connectivity index (χ2v) is 6.62. The Morgan fingerprint density at radius 2 is 1.61 bits per heavy atom. The molecule has 0 spiro atoms. The number of anilines is 1. The number of nitrogens with zero attached hydrogens (tertiary/aromatic N) is 2. The van der Waals surface area contributed by atoms with Crippen LogP contribution < -0.4 is 9.46 Å². The monoisotopic (exact) mass is 343 g/mol. The molecule has 0 aliphatic heterocycles. The molecule has 1 aromatic heterocycles. The van der Waals surface area contributed by atoms with Crippen molar-refractivity contribution in [3.63, 3.8) is 0 Å². The smallest absolute Gasteiger partial charge is 0.316 e. The number of sulfonamides is 1. The predicted molar refractivity (Wildman–Crippen MR) is 80.7 cm³/mol. The molecule has 124 valence electrons. The maximum atomic E-state index is 13.2. The van der Waals surface area contributed by atoms with Crippen LogP contribution in [0.4, 0.5) is 14.5 Å². The number of methoxy groups -OCH3 is 1. The standard InChI is InChI=1S/C14H15F2N3O3S/c1-8-13(9(2)18-14(17-8)22-3)19-23(20,21)7-10-4-11(15)6-12(16)5-10/h4-6,19H,7H2,1-3H3. The second kappa shape index (κ2) is 6.45. The lowest BCUT2D eigenvalue weighted by atomic mass is 10.2. The summed E-state index contributed by atoms with van der Waals surface area (Å²) in [7, 11) is -2.49. The molecule has 0 amide bonds. The highest BCUT2D eigenvalue weighted by Crippen LogP contribution is 2.22. The van der Waals surface area contributed by atoms with Crippen LogP contribution in [0.5, 0.6) is 6.01 Å². The fourth-order valence-electron chi connectivity index (χ4n) is 2.03. The van der Waals surface area contributed by atoms with Gasteiger partial charge in [0.1, 0.15) is 11.6 Å². The summed E-state index contributed by atoms with van der Waals surface area (Å²) in [5.41, 5.74) is 0.967. The lowest BCUT2D eigenvalue weighted by Crippen LogP contribution is -2.18. The van der Waals surface area contributed by atoms with Crippen molar-refractivity contribution in [3.8, 4) is 6.01 Å². The molecular weight excluding hydrogens is 328 g/mol. The minimum absolute atomic E-state index is 0.000244. The van der Waals surface area contributed by atoms with Gasteiger partial charge in [-0.05, 0) is 31.5 Å². The molecule has 0 bridgehead atoms. The van der Waals surface area contributed by atoms with Crippen molar-refractivity contribution in [1.82, 2.24) is 9.97 Å². The zero-order valence-corrected chi connectivity index (χ0v) is 13.5. The summed E-state index contributed by atoms with van der Waals surface area (Å²) in [6.45, 7) is 3.19. The third-order valence-corrected chi connectivity index (χ3v) is 4.20. The van der Waals surface area contributed by atoms with E-state index in [2.05, 4.69) is 14.7 Å². The fraction of sp³-hybridized carbons (Fsp3) is 0.286. The molecule has 2 aromatic rings. The summed E-state index contributed by atoms with van der Waals surface area (Å²) in [5.74, 6) is -2.25. The number of ether oxygens (including phenoxy) is 1. The van der Waals surface area contributed by atoms with Crippen LogP contribution in [0.1, 0.15) is 17.0 Å². The van der Waals surface area contributed by atoms with Gasteiger partial charge in [0.05, 0.1) is 29.9 Å². The molecule has 9 heteroatoms. The van der Waals surface area contributed by atoms with Crippen LogP contribution in [0.25, 0.3) is 0 Å². The van der Waals surface area contributed by atoms with E-state index in [1.807, 2.05) is 0 Å². The van der Waals surface area contributed by atoms with Crippen LogP contribution in [-0.4, -0.2) is 25.5 Å². The molecule has 23 heavy (non-hydrogen) atoms. The highest BCUT2D eigenvalue weighted by atomic mass is 32.2. The SMILES string of the molecule is COc1nc(C)c(NS(=O)(=O)Cc2cc(F)cc(F)c2)c(C)n1. The first-order valence-electron chi connectivity index (χ1n) is 6.55. The van der Waals surface area contributed by atoms with Crippen molar-refractivity contribution in [3.05, 3.63) is 46.8 Å². The van der Waals surface area contributed by atoms with Gasteiger partial charge in [-0.2, -0.15) is 9.97 Å². The van der Waals surface area contributed by atoms with Crippen LogP contribution in [0.3, 0.4) is 0 Å². The molecule has 6 nitrogen and oxygen atoms in total. The summed E-state index contributed by atoms with van der Waals surface area (Å²) < 4.78 is 58.0. The zero-order valence-electron chi connectivity index (χ0n) is 12.7. The summed E-state index contributed by atoms with van der Waals surface area (Å²) in [5, 5.41) is 0. The van der Waals surface area contributed by atoms with Gasteiger partial charge in [-0.15, -0.1) is 0 Å². The topological polar surface area (TPSA) is 81.2 Å². The first-order chi connectivity index (χ1) is 10.7. The highest BCUT2D eigenvalue weighted by Gasteiger charge is 2.18. The number of hydrogen-bond donors (Lipinski definition) is 1. The zero-order chi connectivity index (χ0) is 17.2. The largest absolute Gasteiger partial charge is 0.467 e. The van der Waals surface area contributed by atoms with Crippen LogP contribution in [0.15, 0.2) is 18.2 Å². The first-order valence-corrected chi connectivity index (χ1v) is 8.20. The van der Waals surface area contributed by atoms with Gasteiger partial charge < -0.3 is 4.74 Å². The van der Waals surface area contributed by atoms with E-state index in [9.17, 15) is 17.2 Å². The molecule has 1 N–H and O–H groups in total. The maximum Gasteiger partial charge on any atom is 0.316 e. The molecule has 1 aromatic carbocycles. The number of hydrogen-bond acceptors (Lipinski definition) is 5. The Kier molecular flexibility index (Phi) is 4.79. The van der Waals surface area contributed by atoms with E-state index in [1.165, 1.54) is 7.11 Å². The van der Waals surface area contributed by atoms with Gasteiger partial charge in [0.15, 0.2) is 0 Å². The van der Waals surface area contributed by atoms with Crippen LogP contribution >= 0.6 is 0 Å². The number of aryl methyl sites for hydroxylation is 2. The molecule has 0 saturated heterocycles. The normalized spacial score (nSPS) is 11.3. The van der Waals surface area contributed by atoms with Crippen molar-refractivity contribution in [2.45, 2.75) is 19.6 Å². The fourth-order valence-corrected chi connectivity index (χ4v) is 3.31. The molecule has 0 aliphatic carbocycles. The molecule has 0 aliphatic rings. The van der Waals surface area contributed by atoms with E-state index < -0.39 is 27.4 Å². The van der Waals surface area contributed by atoms with Gasteiger partial charge in [-0.3, -0.25) is 4.72 Å². The highest BCUT2D eigenvalue weighted by molar-refractivity contribution is 7.91. The molecule has 0 fully saturated rings. The van der Waals surface area contributed by atoms with E-state index in [0.717, 1.165) is 12.1 Å². The number of rotatable bonds is 5. The Balaban J connectivity index is 2.28. The Labute approximate surface area is 132 Å². The number of aromatic nitrogens is 2. The maximum absolute atomic E-state index is 13.2. The van der Waals surface area contributed by atoms with E-state index in [0.29, 0.717) is 17.5 Å². The molecule has 0 saturated carbocycles. The lowest BCUT2D eigenvalue weighted by molar-refractivity contribution is 0.378. The lowest BCUT2D eigenvalue weighted by Gasteiger charge is -2.13. The number of nitrogens with one attached hydrogen (secondary N) is 1. The summed E-state index contributed by atoms with van der Waals surface area (Å²) in [6.07, 6.45) is 0. The van der Waals surface area contributed by atoms with Crippen molar-refractivity contribution in [2.75, 3.05) is 11.8 Å². The Hall–Kier alpha value is -2.29. The summed E-state index contributed by atoms with van der Waals surface area (Å²) in [4.78, 5) is 7.98. The van der Waals surface area contributed by atoms with E-state index in [-0.39, 0.29) is 17.3 Å². The van der Waals surface area contributed by atoms with Crippen molar-refractivity contribution < 1.29 is 21.9 Å². The number of halogens is 2. The quantitative estimate of drug-likeness (QED) is 0.901. The molecule has 1 heterocycles. The molecule has 2 rings (SSSR count). The third kappa shape index (κ3) is 4.35. The minimum Gasteiger partial charge on any atom is -0.467 e. The van der Waals surface area contributed by atoms with E-state index in [4.69, 9.17) is 4.74 Å². The van der Waals surface area contributed by atoms with Gasteiger partial charge in [-0.1, -0.05) is 0 Å². The van der Waals surface area contributed by atoms with Crippen LogP contribution in [0.2, 0.25) is 0 Å². The summed E-state index contributed by atoms with van der Waals surface area (Å²) in [6, 6.07) is 2.73. The first kappa shape index (κ1) is 17.1. The average Bonchev–Trinajstić information content (AvgIpc) is 2.40. The number of benzene rings is 1. The molecule has 0 atom stereocenters. The summed E-state index contributed by atoms with van der Waals surface area (Å²) >= 11 is 0. The van der Waals surface area contributed by atoms with Crippen molar-refractivity contribution >= 4 is 15.7 Å². The van der Waals surface area contributed by atoms with E-state index >= 15 is 0 Å². The predicted octanol–water partition coefficient (Wildman–Crippen LogP) is 2.32. The van der Waals surface area contributed by atoms with Crippen molar-refractivity contribution in [1.29, 1.82) is 0 Å². The molecule has 0 radical (unpaired) electrons. The van der Waals surface area contributed by atoms with E-state index in [1.54, 1.807) is 13.8 Å². The third-order valence-electron chi connectivity index (χ3n) is 2.97. The second-order valence-electron chi connectivity index (χ2n) is 4.89. The Bertz CT molecular complexity index is 798. The Morgan fingerprint density at radius 3 is 2.09 bits per heavy atom.